The molecule has 0 fully saturated rings. The largest absolute Gasteiger partial charge is 0.496 e. The molecule has 0 aromatic heterocycles. The van der Waals surface area contributed by atoms with Gasteiger partial charge >= 0.3 is 0 Å². The second kappa shape index (κ2) is 6.04. The fourth-order valence-electron chi connectivity index (χ4n) is 1.51. The Balaban J connectivity index is 3.02. The first kappa shape index (κ1) is 13.2. The van der Waals surface area contributed by atoms with Crippen LogP contribution < -0.4 is 4.74 Å². The molecule has 2 nitrogen and oxygen atoms in total. The maximum absolute atomic E-state index is 11.9. The summed E-state index contributed by atoms with van der Waals surface area (Å²) in [6.07, 6.45) is 2.54. The van der Waals surface area contributed by atoms with E-state index in [2.05, 4.69) is 22.9 Å². The molecule has 0 bridgehead atoms. The summed E-state index contributed by atoms with van der Waals surface area (Å²) in [5.74, 6) is 0.821. The van der Waals surface area contributed by atoms with Gasteiger partial charge in [-0.25, -0.2) is 0 Å². The van der Waals surface area contributed by atoms with E-state index in [4.69, 9.17) is 4.74 Å². The number of Topliss-reactive ketones (excluding diaryl/α,β-unsaturated/α-hetero) is 1. The third-order valence-corrected chi connectivity index (χ3v) is 3.39. The number of carbonyl (C=O) groups excluding carboxylic acids is 1. The lowest BCUT2D eigenvalue weighted by atomic mass is 10.0. The average molecular weight is 285 g/mol. The highest BCUT2D eigenvalue weighted by Crippen LogP contribution is 2.28. The van der Waals surface area contributed by atoms with E-state index in [1.807, 2.05) is 19.1 Å². The van der Waals surface area contributed by atoms with Crippen LogP contribution in [-0.2, 0) is 0 Å². The zero-order valence-corrected chi connectivity index (χ0v) is 11.6. The molecule has 0 amide bonds. The maximum Gasteiger partial charge on any atom is 0.166 e. The van der Waals surface area contributed by atoms with Gasteiger partial charge in [-0.1, -0.05) is 29.3 Å². The van der Waals surface area contributed by atoms with E-state index in [9.17, 15) is 4.79 Å². The van der Waals surface area contributed by atoms with Crippen molar-refractivity contribution in [3.63, 3.8) is 0 Å². The molecule has 1 aromatic rings. The van der Waals surface area contributed by atoms with Crippen LogP contribution in [0.4, 0.5) is 0 Å². The monoisotopic (exact) mass is 284 g/mol. The predicted octanol–water partition coefficient (Wildman–Crippen LogP) is 4.14. The van der Waals surface area contributed by atoms with Gasteiger partial charge in [0, 0.05) is 10.9 Å². The lowest BCUT2D eigenvalue weighted by Gasteiger charge is -2.10. The Labute approximate surface area is 105 Å². The van der Waals surface area contributed by atoms with Crippen molar-refractivity contribution in [2.75, 3.05) is 7.11 Å². The van der Waals surface area contributed by atoms with Gasteiger partial charge in [0.25, 0.3) is 0 Å². The van der Waals surface area contributed by atoms with Crippen molar-refractivity contribution in [2.24, 2.45) is 0 Å². The van der Waals surface area contributed by atoms with Gasteiger partial charge in [0.1, 0.15) is 5.75 Å². The Hall–Kier alpha value is -0.830. The molecule has 88 valence electrons. The van der Waals surface area contributed by atoms with Crippen LogP contribution in [0.1, 0.15) is 42.1 Å². The number of ether oxygens (including phenoxy) is 1. The molecule has 0 atom stereocenters. The minimum atomic E-state index is 0.152. The first-order chi connectivity index (χ1) is 7.60. The van der Waals surface area contributed by atoms with Gasteiger partial charge in [-0.2, -0.15) is 0 Å². The number of hydrogen-bond donors (Lipinski definition) is 0. The van der Waals surface area contributed by atoms with Crippen molar-refractivity contribution in [2.45, 2.75) is 33.1 Å². The normalized spacial score (nSPS) is 10.2. The summed E-state index contributed by atoms with van der Waals surface area (Å²) in [5, 5.41) is 0. The van der Waals surface area contributed by atoms with Gasteiger partial charge in [-0.3, -0.25) is 4.79 Å². The number of halogens is 1. The quantitative estimate of drug-likeness (QED) is 0.760. The van der Waals surface area contributed by atoms with Crippen LogP contribution in [0.25, 0.3) is 0 Å². The van der Waals surface area contributed by atoms with Crippen molar-refractivity contribution >= 4 is 21.7 Å². The minimum absolute atomic E-state index is 0.152. The molecular weight excluding hydrogens is 268 g/mol. The van der Waals surface area contributed by atoms with E-state index in [1.165, 1.54) is 0 Å². The summed E-state index contributed by atoms with van der Waals surface area (Å²) in [6.45, 7) is 4.06. The van der Waals surface area contributed by atoms with Crippen LogP contribution in [-0.4, -0.2) is 12.9 Å². The van der Waals surface area contributed by atoms with Crippen LogP contribution in [0.3, 0.4) is 0 Å². The van der Waals surface area contributed by atoms with Crippen LogP contribution >= 0.6 is 15.9 Å². The molecule has 0 aliphatic rings. The van der Waals surface area contributed by atoms with Gasteiger partial charge in [0.05, 0.1) is 12.7 Å². The number of aryl methyl sites for hydroxylation is 1. The van der Waals surface area contributed by atoms with E-state index in [0.717, 1.165) is 22.9 Å². The molecule has 0 radical (unpaired) electrons. The first-order valence-corrected chi connectivity index (χ1v) is 6.26. The van der Waals surface area contributed by atoms with Gasteiger partial charge < -0.3 is 4.74 Å². The van der Waals surface area contributed by atoms with Crippen molar-refractivity contribution in [1.29, 1.82) is 0 Å². The van der Waals surface area contributed by atoms with Crippen LogP contribution in [0.15, 0.2) is 16.6 Å². The molecule has 0 N–H and O–H groups in total. The smallest absolute Gasteiger partial charge is 0.166 e. The highest BCUT2D eigenvalue weighted by atomic mass is 79.9. The fraction of sp³-hybridized carbons (Fsp3) is 0.462. The Morgan fingerprint density at radius 2 is 2.12 bits per heavy atom. The third kappa shape index (κ3) is 3.08. The summed E-state index contributed by atoms with van der Waals surface area (Å²) in [6, 6.07) is 3.75. The molecule has 3 heteroatoms. The van der Waals surface area contributed by atoms with Crippen LogP contribution in [0, 0.1) is 6.92 Å². The standard InChI is InChI=1S/C13H17BrO2/c1-4-5-6-12(15)10-8-11(14)9(2)7-13(10)16-3/h7-8H,4-6H2,1-3H3. The van der Waals surface area contributed by atoms with Crippen LogP contribution in [0.5, 0.6) is 5.75 Å². The number of hydrogen-bond acceptors (Lipinski definition) is 2. The van der Waals surface area contributed by atoms with Crippen molar-refractivity contribution in [3.8, 4) is 5.75 Å². The number of carbonyl (C=O) groups is 1. The Kier molecular flexibility index (Phi) is 5.00. The molecule has 0 unspecified atom stereocenters. The van der Waals surface area contributed by atoms with Gasteiger partial charge in [-0.05, 0) is 31.0 Å². The Morgan fingerprint density at radius 3 is 2.69 bits per heavy atom. The maximum atomic E-state index is 11.9. The van der Waals surface area contributed by atoms with Crippen molar-refractivity contribution in [3.05, 3.63) is 27.7 Å². The van der Waals surface area contributed by atoms with E-state index < -0.39 is 0 Å². The SMILES string of the molecule is CCCCC(=O)c1cc(Br)c(C)cc1OC. The zero-order chi connectivity index (χ0) is 12.1. The Morgan fingerprint density at radius 1 is 1.44 bits per heavy atom. The highest BCUT2D eigenvalue weighted by Gasteiger charge is 2.13. The second-order valence-corrected chi connectivity index (χ2v) is 4.68. The molecule has 0 spiro atoms. The van der Waals surface area contributed by atoms with Crippen molar-refractivity contribution < 1.29 is 9.53 Å². The lowest BCUT2D eigenvalue weighted by Crippen LogP contribution is -2.02. The molecule has 1 rings (SSSR count). The molecular formula is C13H17BrO2. The van der Waals surface area contributed by atoms with E-state index in [-0.39, 0.29) is 5.78 Å². The van der Waals surface area contributed by atoms with Crippen LogP contribution in [0.2, 0.25) is 0 Å². The topological polar surface area (TPSA) is 26.3 Å². The Bertz CT molecular complexity index is 386. The summed E-state index contributed by atoms with van der Waals surface area (Å²) in [5.41, 5.74) is 1.75. The number of unbranched alkanes of at least 4 members (excludes halogenated alkanes) is 1. The molecule has 0 aliphatic heterocycles. The molecule has 0 saturated heterocycles. The second-order valence-electron chi connectivity index (χ2n) is 3.83. The number of benzene rings is 1. The molecule has 1 aromatic carbocycles. The fourth-order valence-corrected chi connectivity index (χ4v) is 1.86. The van der Waals surface area contributed by atoms with Gasteiger partial charge in [-0.15, -0.1) is 0 Å². The first-order valence-electron chi connectivity index (χ1n) is 5.47. The average Bonchev–Trinajstić information content (AvgIpc) is 2.28. The van der Waals surface area contributed by atoms with Gasteiger partial charge in [0.15, 0.2) is 5.78 Å². The number of rotatable bonds is 5. The van der Waals surface area contributed by atoms with Gasteiger partial charge in [0.2, 0.25) is 0 Å². The lowest BCUT2D eigenvalue weighted by molar-refractivity contribution is 0.0977. The summed E-state index contributed by atoms with van der Waals surface area (Å²) in [4.78, 5) is 11.9. The molecule has 0 aliphatic carbocycles. The third-order valence-electron chi connectivity index (χ3n) is 2.54. The highest BCUT2D eigenvalue weighted by molar-refractivity contribution is 9.10. The summed E-state index contributed by atoms with van der Waals surface area (Å²) in [7, 11) is 1.60. The zero-order valence-electron chi connectivity index (χ0n) is 9.97. The van der Waals surface area contributed by atoms with Crippen molar-refractivity contribution in [1.82, 2.24) is 0 Å². The van der Waals surface area contributed by atoms with E-state index in [0.29, 0.717) is 17.7 Å². The van der Waals surface area contributed by atoms with E-state index in [1.54, 1.807) is 7.11 Å². The molecule has 0 saturated carbocycles. The minimum Gasteiger partial charge on any atom is -0.496 e. The number of ketones is 1. The number of methoxy groups -OCH3 is 1. The molecule has 0 heterocycles. The molecule has 16 heavy (non-hydrogen) atoms. The van der Waals surface area contributed by atoms with E-state index >= 15 is 0 Å². The summed E-state index contributed by atoms with van der Waals surface area (Å²) >= 11 is 3.44. The predicted molar refractivity (Wildman–Crippen MR) is 69.3 cm³/mol. The summed E-state index contributed by atoms with van der Waals surface area (Å²) < 4.78 is 6.19.